The van der Waals surface area contributed by atoms with Crippen molar-refractivity contribution in [2.45, 2.75) is 31.4 Å². The van der Waals surface area contributed by atoms with E-state index in [4.69, 9.17) is 0 Å². The van der Waals surface area contributed by atoms with E-state index in [1.165, 1.54) is 4.90 Å². The lowest BCUT2D eigenvalue weighted by Gasteiger charge is -2.31. The summed E-state index contributed by atoms with van der Waals surface area (Å²) in [6, 6.07) is 7.10. The molecule has 1 aromatic rings. The van der Waals surface area contributed by atoms with Crippen molar-refractivity contribution in [2.75, 3.05) is 25.1 Å². The summed E-state index contributed by atoms with van der Waals surface area (Å²) in [6.45, 7) is 1.24. The second-order valence-electron chi connectivity index (χ2n) is 5.90. The van der Waals surface area contributed by atoms with E-state index >= 15 is 0 Å². The molecule has 0 radical (unpaired) electrons. The van der Waals surface area contributed by atoms with Crippen molar-refractivity contribution in [3.63, 3.8) is 0 Å². The smallest absolute Gasteiger partial charge is 0.257 e. The van der Waals surface area contributed by atoms with Crippen LogP contribution in [0.15, 0.2) is 24.3 Å². The molecule has 1 fully saturated rings. The average Bonchev–Trinajstić information content (AvgIpc) is 2.53. The van der Waals surface area contributed by atoms with Crippen molar-refractivity contribution in [3.8, 4) is 0 Å². The van der Waals surface area contributed by atoms with Gasteiger partial charge in [0.15, 0.2) is 5.78 Å². The first kappa shape index (κ1) is 15.0. The predicted molar refractivity (Wildman–Crippen MR) is 82.6 cm³/mol. The van der Waals surface area contributed by atoms with Gasteiger partial charge in [0.25, 0.3) is 5.91 Å². The van der Waals surface area contributed by atoms with E-state index < -0.39 is 6.10 Å². The standard InChI is InChI=1S/C16H21N3O3/c20-11(8-14-15(21)6-3-7-17-14)9-19-10-18-13-5-2-1-4-12(13)16(19)22/h1-2,4-5,14-15,17-18,21H,3,6-10H2/t14?,15-/m0/s1. The third kappa shape index (κ3) is 3.13. The number of ketones is 1. The van der Waals surface area contributed by atoms with Crippen molar-refractivity contribution >= 4 is 17.4 Å². The number of anilines is 1. The topological polar surface area (TPSA) is 81.7 Å². The summed E-state index contributed by atoms with van der Waals surface area (Å²) in [5.41, 5.74) is 1.40. The highest BCUT2D eigenvalue weighted by Gasteiger charge is 2.28. The second-order valence-corrected chi connectivity index (χ2v) is 5.90. The predicted octanol–water partition coefficient (Wildman–Crippen LogP) is 0.584. The van der Waals surface area contributed by atoms with E-state index in [9.17, 15) is 14.7 Å². The number of aliphatic hydroxyl groups is 1. The molecule has 1 aromatic carbocycles. The number of rotatable bonds is 4. The minimum Gasteiger partial charge on any atom is -0.391 e. The zero-order valence-corrected chi connectivity index (χ0v) is 12.4. The summed E-state index contributed by atoms with van der Waals surface area (Å²) >= 11 is 0. The number of para-hydroxylation sites is 1. The van der Waals surface area contributed by atoms with Crippen LogP contribution in [-0.2, 0) is 4.79 Å². The molecule has 2 heterocycles. The molecule has 3 N–H and O–H groups in total. The second kappa shape index (κ2) is 6.46. The van der Waals surface area contributed by atoms with E-state index in [0.717, 1.165) is 25.1 Å². The SMILES string of the molecule is O=C(CC1NCCC[C@@H]1O)CN1CNc2ccccc2C1=O. The van der Waals surface area contributed by atoms with Gasteiger partial charge in [-0.1, -0.05) is 12.1 Å². The van der Waals surface area contributed by atoms with Crippen molar-refractivity contribution in [1.82, 2.24) is 10.2 Å². The van der Waals surface area contributed by atoms with Gasteiger partial charge < -0.3 is 20.6 Å². The highest BCUT2D eigenvalue weighted by atomic mass is 16.3. The van der Waals surface area contributed by atoms with Gasteiger partial charge in [0, 0.05) is 18.2 Å². The van der Waals surface area contributed by atoms with E-state index in [2.05, 4.69) is 10.6 Å². The Balaban J connectivity index is 1.59. The summed E-state index contributed by atoms with van der Waals surface area (Å²) in [4.78, 5) is 26.1. The lowest BCUT2D eigenvalue weighted by Crippen LogP contribution is -2.48. The number of benzene rings is 1. The number of Topliss-reactive ketones (excluding diaryl/α,β-unsaturated/α-hetero) is 1. The van der Waals surface area contributed by atoms with Crippen LogP contribution in [0, 0.1) is 0 Å². The molecule has 2 aliphatic heterocycles. The molecule has 1 unspecified atom stereocenters. The van der Waals surface area contributed by atoms with Gasteiger partial charge in [0.1, 0.15) is 0 Å². The molecule has 6 heteroatoms. The number of nitrogens with zero attached hydrogens (tertiary/aromatic N) is 1. The quantitative estimate of drug-likeness (QED) is 0.758. The number of amides is 1. The molecular weight excluding hydrogens is 282 g/mol. The number of nitrogens with one attached hydrogen (secondary N) is 2. The van der Waals surface area contributed by atoms with Gasteiger partial charge in [-0.05, 0) is 31.5 Å². The van der Waals surface area contributed by atoms with Gasteiger partial charge in [-0.3, -0.25) is 9.59 Å². The minimum absolute atomic E-state index is 0.0343. The number of carbonyl (C=O) groups excluding carboxylic acids is 2. The third-order valence-corrected chi connectivity index (χ3v) is 4.27. The van der Waals surface area contributed by atoms with Crippen LogP contribution in [-0.4, -0.2) is 53.6 Å². The van der Waals surface area contributed by atoms with E-state index in [1.54, 1.807) is 6.07 Å². The molecule has 0 aliphatic carbocycles. The maximum atomic E-state index is 12.4. The number of fused-ring (bicyclic) bond motifs is 1. The summed E-state index contributed by atoms with van der Waals surface area (Å²) < 4.78 is 0. The fraction of sp³-hybridized carbons (Fsp3) is 0.500. The Kier molecular flexibility index (Phi) is 4.40. The van der Waals surface area contributed by atoms with Gasteiger partial charge in [0.2, 0.25) is 0 Å². The molecule has 3 rings (SSSR count). The van der Waals surface area contributed by atoms with Crippen molar-refractivity contribution in [3.05, 3.63) is 29.8 Å². The summed E-state index contributed by atoms with van der Waals surface area (Å²) in [5, 5.41) is 16.2. The van der Waals surface area contributed by atoms with Crippen LogP contribution < -0.4 is 10.6 Å². The van der Waals surface area contributed by atoms with Gasteiger partial charge in [-0.2, -0.15) is 0 Å². The third-order valence-electron chi connectivity index (χ3n) is 4.27. The Hall–Kier alpha value is -1.92. The van der Waals surface area contributed by atoms with Gasteiger partial charge in [0.05, 0.1) is 24.9 Å². The van der Waals surface area contributed by atoms with Crippen LogP contribution in [0.3, 0.4) is 0 Å². The van der Waals surface area contributed by atoms with E-state index in [0.29, 0.717) is 12.2 Å². The number of piperidine rings is 1. The van der Waals surface area contributed by atoms with Crippen LogP contribution >= 0.6 is 0 Å². The van der Waals surface area contributed by atoms with Crippen molar-refractivity contribution < 1.29 is 14.7 Å². The largest absolute Gasteiger partial charge is 0.391 e. The first-order chi connectivity index (χ1) is 10.6. The zero-order valence-electron chi connectivity index (χ0n) is 12.4. The highest BCUT2D eigenvalue weighted by molar-refractivity contribution is 6.02. The van der Waals surface area contributed by atoms with Gasteiger partial charge >= 0.3 is 0 Å². The molecule has 6 nitrogen and oxygen atoms in total. The van der Waals surface area contributed by atoms with Crippen LogP contribution in [0.25, 0.3) is 0 Å². The molecule has 1 amide bonds. The number of hydrogen-bond donors (Lipinski definition) is 3. The van der Waals surface area contributed by atoms with Crippen molar-refractivity contribution in [2.24, 2.45) is 0 Å². The number of aliphatic hydroxyl groups excluding tert-OH is 1. The molecule has 1 saturated heterocycles. The maximum absolute atomic E-state index is 12.4. The molecule has 2 atom stereocenters. The fourth-order valence-corrected chi connectivity index (χ4v) is 3.04. The number of carbonyl (C=O) groups is 2. The lowest BCUT2D eigenvalue weighted by molar-refractivity contribution is -0.121. The Bertz CT molecular complexity index is 576. The normalized spacial score (nSPS) is 24.6. The van der Waals surface area contributed by atoms with Crippen LogP contribution in [0.1, 0.15) is 29.6 Å². The zero-order chi connectivity index (χ0) is 15.5. The molecule has 118 valence electrons. The molecule has 0 spiro atoms. The molecule has 22 heavy (non-hydrogen) atoms. The molecule has 0 bridgehead atoms. The molecule has 2 aliphatic rings. The maximum Gasteiger partial charge on any atom is 0.257 e. The fourth-order valence-electron chi connectivity index (χ4n) is 3.04. The van der Waals surface area contributed by atoms with E-state index in [1.807, 2.05) is 18.2 Å². The van der Waals surface area contributed by atoms with Gasteiger partial charge in [-0.25, -0.2) is 0 Å². The Morgan fingerprint density at radius 3 is 3.00 bits per heavy atom. The van der Waals surface area contributed by atoms with Crippen molar-refractivity contribution in [1.29, 1.82) is 0 Å². The molecular formula is C16H21N3O3. The van der Waals surface area contributed by atoms with Gasteiger partial charge in [-0.15, -0.1) is 0 Å². The Morgan fingerprint density at radius 2 is 2.18 bits per heavy atom. The first-order valence-corrected chi connectivity index (χ1v) is 7.70. The van der Waals surface area contributed by atoms with Crippen LogP contribution in [0.5, 0.6) is 0 Å². The first-order valence-electron chi connectivity index (χ1n) is 7.70. The summed E-state index contributed by atoms with van der Waals surface area (Å²) in [6.07, 6.45) is 1.43. The van der Waals surface area contributed by atoms with E-state index in [-0.39, 0.29) is 30.7 Å². The van der Waals surface area contributed by atoms with Crippen LogP contribution in [0.2, 0.25) is 0 Å². The number of hydrogen-bond acceptors (Lipinski definition) is 5. The monoisotopic (exact) mass is 303 g/mol. The molecule has 0 saturated carbocycles. The highest BCUT2D eigenvalue weighted by Crippen LogP contribution is 2.21. The minimum atomic E-state index is -0.478. The Labute approximate surface area is 129 Å². The average molecular weight is 303 g/mol. The summed E-state index contributed by atoms with van der Waals surface area (Å²) in [7, 11) is 0. The Morgan fingerprint density at radius 1 is 1.36 bits per heavy atom. The lowest BCUT2D eigenvalue weighted by atomic mass is 9.96. The van der Waals surface area contributed by atoms with Crippen LogP contribution in [0.4, 0.5) is 5.69 Å². The summed E-state index contributed by atoms with van der Waals surface area (Å²) in [5.74, 6) is -0.159. The molecule has 0 aromatic heterocycles.